The summed E-state index contributed by atoms with van der Waals surface area (Å²) in [5.41, 5.74) is 6.61. The SMILES string of the molecule is N[C@H](Cc1ccc(O)cc1)C(=O)NC1CCC(=O)NC1=O. The predicted molar refractivity (Wildman–Crippen MR) is 74.1 cm³/mol. The van der Waals surface area contributed by atoms with Crippen LogP contribution in [0, 0.1) is 0 Å². The monoisotopic (exact) mass is 291 g/mol. The third-order valence-electron chi connectivity index (χ3n) is 3.28. The molecule has 2 rings (SSSR count). The molecule has 1 aliphatic rings. The lowest BCUT2D eigenvalue weighted by molar-refractivity contribution is -0.137. The zero-order chi connectivity index (χ0) is 15.4. The first-order valence-electron chi connectivity index (χ1n) is 6.63. The van der Waals surface area contributed by atoms with Gasteiger partial charge in [0.2, 0.25) is 17.7 Å². The molecule has 7 heteroatoms. The number of imide groups is 1. The van der Waals surface area contributed by atoms with Gasteiger partial charge in [-0.25, -0.2) is 0 Å². The van der Waals surface area contributed by atoms with Gasteiger partial charge >= 0.3 is 0 Å². The summed E-state index contributed by atoms with van der Waals surface area (Å²) in [5, 5.41) is 13.9. The molecule has 0 aromatic heterocycles. The van der Waals surface area contributed by atoms with Crippen molar-refractivity contribution in [1.82, 2.24) is 10.6 Å². The van der Waals surface area contributed by atoms with Gasteiger partial charge in [-0.15, -0.1) is 0 Å². The molecular weight excluding hydrogens is 274 g/mol. The maximum absolute atomic E-state index is 12.0. The molecule has 1 aromatic carbocycles. The number of carbonyl (C=O) groups excluding carboxylic acids is 3. The molecule has 0 aliphatic carbocycles. The van der Waals surface area contributed by atoms with Crippen LogP contribution in [0.3, 0.4) is 0 Å². The molecule has 0 spiro atoms. The highest BCUT2D eigenvalue weighted by Crippen LogP contribution is 2.11. The van der Waals surface area contributed by atoms with Crippen LogP contribution in [0.1, 0.15) is 18.4 Å². The van der Waals surface area contributed by atoms with Crippen molar-refractivity contribution in [3.8, 4) is 5.75 Å². The third kappa shape index (κ3) is 4.03. The van der Waals surface area contributed by atoms with Crippen LogP contribution < -0.4 is 16.4 Å². The molecule has 112 valence electrons. The van der Waals surface area contributed by atoms with Gasteiger partial charge in [0.25, 0.3) is 0 Å². The second-order valence-electron chi connectivity index (χ2n) is 4.99. The molecule has 2 atom stereocenters. The number of nitrogens with one attached hydrogen (secondary N) is 2. The van der Waals surface area contributed by atoms with E-state index in [9.17, 15) is 19.5 Å². The molecule has 1 fully saturated rings. The maximum atomic E-state index is 12.0. The lowest BCUT2D eigenvalue weighted by Crippen LogP contribution is -2.55. The zero-order valence-electron chi connectivity index (χ0n) is 11.3. The normalized spacial score (nSPS) is 19.8. The molecule has 1 saturated heterocycles. The number of rotatable bonds is 4. The number of carbonyl (C=O) groups is 3. The quantitative estimate of drug-likeness (QED) is 0.540. The third-order valence-corrected chi connectivity index (χ3v) is 3.28. The van der Waals surface area contributed by atoms with Crippen LogP contribution in [0.15, 0.2) is 24.3 Å². The number of amides is 3. The minimum atomic E-state index is -0.806. The number of nitrogens with two attached hydrogens (primary N) is 1. The van der Waals surface area contributed by atoms with Gasteiger partial charge in [0.05, 0.1) is 6.04 Å². The number of phenolic OH excluding ortho intramolecular Hbond substituents is 1. The van der Waals surface area contributed by atoms with Crippen LogP contribution in [-0.4, -0.2) is 34.9 Å². The fourth-order valence-electron chi connectivity index (χ4n) is 2.09. The Morgan fingerprint density at radius 2 is 2.05 bits per heavy atom. The van der Waals surface area contributed by atoms with E-state index < -0.39 is 23.9 Å². The van der Waals surface area contributed by atoms with Crippen molar-refractivity contribution in [2.75, 3.05) is 0 Å². The van der Waals surface area contributed by atoms with E-state index in [-0.39, 0.29) is 24.5 Å². The van der Waals surface area contributed by atoms with Crippen LogP contribution in [0.5, 0.6) is 5.75 Å². The summed E-state index contributed by atoms with van der Waals surface area (Å²) in [6, 6.07) is 4.85. The van der Waals surface area contributed by atoms with Crippen molar-refractivity contribution in [3.63, 3.8) is 0 Å². The maximum Gasteiger partial charge on any atom is 0.249 e. The van der Waals surface area contributed by atoms with E-state index in [2.05, 4.69) is 10.6 Å². The molecule has 1 aromatic rings. The zero-order valence-corrected chi connectivity index (χ0v) is 11.3. The van der Waals surface area contributed by atoms with E-state index in [1.807, 2.05) is 0 Å². The standard InChI is InChI=1S/C14H17N3O4/c15-10(7-8-1-3-9(18)4-2-8)13(20)16-11-5-6-12(19)17-14(11)21/h1-4,10-11,18H,5-7,15H2,(H,16,20)(H,17,19,21)/t10-,11?/m1/s1. The van der Waals surface area contributed by atoms with E-state index in [1.54, 1.807) is 12.1 Å². The van der Waals surface area contributed by atoms with Crippen molar-refractivity contribution in [3.05, 3.63) is 29.8 Å². The van der Waals surface area contributed by atoms with Crippen molar-refractivity contribution in [1.29, 1.82) is 0 Å². The van der Waals surface area contributed by atoms with Crippen molar-refractivity contribution in [2.24, 2.45) is 5.73 Å². The first-order chi connectivity index (χ1) is 9.95. The molecule has 0 saturated carbocycles. The van der Waals surface area contributed by atoms with Gasteiger partial charge in [0.1, 0.15) is 11.8 Å². The van der Waals surface area contributed by atoms with E-state index >= 15 is 0 Å². The van der Waals surface area contributed by atoms with Crippen molar-refractivity contribution >= 4 is 17.7 Å². The summed E-state index contributed by atoms with van der Waals surface area (Å²) in [7, 11) is 0. The molecule has 1 heterocycles. The fraction of sp³-hybridized carbons (Fsp3) is 0.357. The van der Waals surface area contributed by atoms with E-state index in [0.29, 0.717) is 6.42 Å². The van der Waals surface area contributed by atoms with Gasteiger partial charge in [0.15, 0.2) is 0 Å². The summed E-state index contributed by atoms with van der Waals surface area (Å²) >= 11 is 0. The molecule has 3 amide bonds. The Kier molecular flexibility index (Phi) is 4.54. The van der Waals surface area contributed by atoms with Crippen LogP contribution in [-0.2, 0) is 20.8 Å². The van der Waals surface area contributed by atoms with Crippen molar-refractivity contribution in [2.45, 2.75) is 31.3 Å². The Morgan fingerprint density at radius 1 is 1.38 bits per heavy atom. The molecule has 5 N–H and O–H groups in total. The number of aromatic hydroxyl groups is 1. The first-order valence-corrected chi connectivity index (χ1v) is 6.63. The summed E-state index contributed by atoms with van der Waals surface area (Å²) in [4.78, 5) is 34.5. The Balaban J connectivity index is 1.89. The fourth-order valence-corrected chi connectivity index (χ4v) is 2.09. The van der Waals surface area contributed by atoms with Gasteiger partial charge < -0.3 is 16.2 Å². The Labute approximate surface area is 121 Å². The highest BCUT2D eigenvalue weighted by atomic mass is 16.3. The number of hydrogen-bond donors (Lipinski definition) is 4. The molecule has 0 radical (unpaired) electrons. The minimum absolute atomic E-state index is 0.139. The van der Waals surface area contributed by atoms with E-state index in [0.717, 1.165) is 5.56 Å². The van der Waals surface area contributed by atoms with E-state index in [1.165, 1.54) is 12.1 Å². The van der Waals surface area contributed by atoms with Gasteiger partial charge in [-0.05, 0) is 30.5 Å². The number of phenols is 1. The van der Waals surface area contributed by atoms with Gasteiger partial charge in [0, 0.05) is 6.42 Å². The highest BCUT2D eigenvalue weighted by molar-refractivity contribution is 6.02. The van der Waals surface area contributed by atoms with Crippen LogP contribution in [0.4, 0.5) is 0 Å². The number of piperidine rings is 1. The van der Waals surface area contributed by atoms with Crippen molar-refractivity contribution < 1.29 is 19.5 Å². The van der Waals surface area contributed by atoms with Gasteiger partial charge in [-0.3, -0.25) is 19.7 Å². The van der Waals surface area contributed by atoms with Gasteiger partial charge in [-0.1, -0.05) is 12.1 Å². The second-order valence-corrected chi connectivity index (χ2v) is 4.99. The smallest absolute Gasteiger partial charge is 0.249 e. The predicted octanol–water partition coefficient (Wildman–Crippen LogP) is -0.817. The Bertz CT molecular complexity index is 556. The highest BCUT2D eigenvalue weighted by Gasteiger charge is 2.29. The average molecular weight is 291 g/mol. The molecule has 7 nitrogen and oxygen atoms in total. The molecule has 0 bridgehead atoms. The van der Waals surface area contributed by atoms with Crippen LogP contribution in [0.25, 0.3) is 0 Å². The Hall–Kier alpha value is -2.41. The number of hydrogen-bond acceptors (Lipinski definition) is 5. The van der Waals surface area contributed by atoms with E-state index in [4.69, 9.17) is 5.73 Å². The second kappa shape index (κ2) is 6.36. The average Bonchev–Trinajstić information content (AvgIpc) is 2.44. The summed E-state index contributed by atoms with van der Waals surface area (Å²) < 4.78 is 0. The largest absolute Gasteiger partial charge is 0.508 e. The lowest BCUT2D eigenvalue weighted by atomic mass is 10.0. The topological polar surface area (TPSA) is 122 Å². The molecule has 21 heavy (non-hydrogen) atoms. The summed E-state index contributed by atoms with van der Waals surface area (Å²) in [6.07, 6.45) is 0.769. The number of benzene rings is 1. The summed E-state index contributed by atoms with van der Waals surface area (Å²) in [5.74, 6) is -1.15. The first kappa shape index (κ1) is 15.0. The van der Waals surface area contributed by atoms with Gasteiger partial charge in [-0.2, -0.15) is 0 Å². The summed E-state index contributed by atoms with van der Waals surface area (Å²) in [6.45, 7) is 0. The molecule has 1 aliphatic heterocycles. The lowest BCUT2D eigenvalue weighted by Gasteiger charge is -2.23. The molecular formula is C14H17N3O4. The Morgan fingerprint density at radius 3 is 2.67 bits per heavy atom. The molecule has 1 unspecified atom stereocenters. The van der Waals surface area contributed by atoms with Crippen LogP contribution >= 0.6 is 0 Å². The minimum Gasteiger partial charge on any atom is -0.508 e. The van der Waals surface area contributed by atoms with Crippen LogP contribution in [0.2, 0.25) is 0 Å².